The molecule has 0 unspecified atom stereocenters. The van der Waals surface area contributed by atoms with E-state index in [1.165, 1.54) is 21.1 Å². The zero-order valence-electron chi connectivity index (χ0n) is 10.5. The largest absolute Gasteiger partial charge is 0.497 e. The van der Waals surface area contributed by atoms with Crippen LogP contribution >= 0.6 is 0 Å². The Morgan fingerprint density at radius 1 is 1.33 bits per heavy atom. The second kappa shape index (κ2) is 4.68. The van der Waals surface area contributed by atoms with Crippen molar-refractivity contribution in [2.75, 3.05) is 14.2 Å². The van der Waals surface area contributed by atoms with Crippen molar-refractivity contribution in [3.63, 3.8) is 0 Å². The highest BCUT2D eigenvalue weighted by Gasteiger charge is 2.35. The van der Waals surface area contributed by atoms with E-state index in [1.807, 2.05) is 0 Å². The van der Waals surface area contributed by atoms with Crippen LogP contribution in [0.2, 0.25) is 0 Å². The molecule has 18 heavy (non-hydrogen) atoms. The summed E-state index contributed by atoms with van der Waals surface area (Å²) in [6.07, 6.45) is -0.410. The van der Waals surface area contributed by atoms with Gasteiger partial charge in [0.1, 0.15) is 23.4 Å². The number of hydrogen-bond donors (Lipinski definition) is 0. The molecule has 96 valence electrons. The van der Waals surface area contributed by atoms with Gasteiger partial charge in [0, 0.05) is 18.1 Å². The van der Waals surface area contributed by atoms with Crippen LogP contribution in [0, 0.1) is 0 Å². The fourth-order valence-corrected chi connectivity index (χ4v) is 2.05. The molecule has 0 radical (unpaired) electrons. The standard InChI is InChI=1S/C13H14O5/c1-7(14)4-11-12-9(13(15)18-11)5-8(16-2)6-10(12)17-3/h5-6,11H,4H2,1-3H3/t11-/m1/s1. The van der Waals surface area contributed by atoms with Gasteiger partial charge < -0.3 is 14.2 Å². The third kappa shape index (κ3) is 2.03. The minimum Gasteiger partial charge on any atom is -0.497 e. The van der Waals surface area contributed by atoms with Gasteiger partial charge in [0.15, 0.2) is 0 Å². The van der Waals surface area contributed by atoms with Crippen molar-refractivity contribution in [3.05, 3.63) is 23.3 Å². The van der Waals surface area contributed by atoms with Crippen molar-refractivity contribution < 1.29 is 23.8 Å². The van der Waals surface area contributed by atoms with E-state index in [0.717, 1.165) is 0 Å². The molecule has 0 aliphatic carbocycles. The molecule has 1 aliphatic heterocycles. The minimum atomic E-state index is -0.564. The van der Waals surface area contributed by atoms with Crippen LogP contribution in [0.4, 0.5) is 0 Å². The van der Waals surface area contributed by atoms with Gasteiger partial charge in [-0.3, -0.25) is 4.79 Å². The van der Waals surface area contributed by atoms with Gasteiger partial charge in [-0.1, -0.05) is 0 Å². The van der Waals surface area contributed by atoms with Crippen LogP contribution in [0.3, 0.4) is 0 Å². The Balaban J connectivity index is 2.51. The molecule has 1 heterocycles. The second-order valence-corrected chi connectivity index (χ2v) is 4.09. The van der Waals surface area contributed by atoms with Crippen molar-refractivity contribution >= 4 is 11.8 Å². The summed E-state index contributed by atoms with van der Waals surface area (Å²) in [5.41, 5.74) is 1.02. The molecule has 1 atom stereocenters. The number of carbonyl (C=O) groups is 2. The molecule has 1 aromatic rings. The molecule has 5 nitrogen and oxygen atoms in total. The second-order valence-electron chi connectivity index (χ2n) is 4.09. The van der Waals surface area contributed by atoms with Crippen LogP contribution < -0.4 is 9.47 Å². The fraction of sp³-hybridized carbons (Fsp3) is 0.385. The van der Waals surface area contributed by atoms with Crippen molar-refractivity contribution in [2.24, 2.45) is 0 Å². The third-order valence-electron chi connectivity index (χ3n) is 2.84. The molecule has 2 rings (SSSR count). The third-order valence-corrected chi connectivity index (χ3v) is 2.84. The van der Waals surface area contributed by atoms with Crippen LogP contribution in [-0.4, -0.2) is 26.0 Å². The summed E-state index contributed by atoms with van der Waals surface area (Å²) < 4.78 is 15.5. The predicted octanol–water partition coefficient (Wildman–Crippen LogP) is 1.89. The summed E-state index contributed by atoms with van der Waals surface area (Å²) in [5, 5.41) is 0. The van der Waals surface area contributed by atoms with E-state index in [-0.39, 0.29) is 12.2 Å². The maximum atomic E-state index is 11.7. The minimum absolute atomic E-state index is 0.0430. The zero-order valence-corrected chi connectivity index (χ0v) is 10.5. The fourth-order valence-electron chi connectivity index (χ4n) is 2.05. The first-order chi connectivity index (χ1) is 8.56. The lowest BCUT2D eigenvalue weighted by Crippen LogP contribution is -2.05. The summed E-state index contributed by atoms with van der Waals surface area (Å²) in [6.45, 7) is 1.46. The lowest BCUT2D eigenvalue weighted by atomic mass is 10.00. The van der Waals surface area contributed by atoms with E-state index < -0.39 is 12.1 Å². The number of cyclic esters (lactones) is 1. The van der Waals surface area contributed by atoms with Gasteiger partial charge in [0.05, 0.1) is 19.8 Å². The lowest BCUT2D eigenvalue weighted by molar-refractivity contribution is -0.118. The van der Waals surface area contributed by atoms with Crippen LogP contribution in [0.1, 0.15) is 35.4 Å². The van der Waals surface area contributed by atoms with Crippen LogP contribution in [-0.2, 0) is 9.53 Å². The van der Waals surface area contributed by atoms with Gasteiger partial charge in [-0.25, -0.2) is 4.79 Å². The first-order valence-electron chi connectivity index (χ1n) is 5.53. The molecule has 0 fully saturated rings. The van der Waals surface area contributed by atoms with E-state index in [1.54, 1.807) is 12.1 Å². The molecule has 0 amide bonds. The van der Waals surface area contributed by atoms with Gasteiger partial charge in [0.25, 0.3) is 0 Å². The Labute approximate surface area is 105 Å². The van der Waals surface area contributed by atoms with Crippen molar-refractivity contribution in [1.29, 1.82) is 0 Å². The Morgan fingerprint density at radius 2 is 2.06 bits per heavy atom. The molecule has 0 aromatic heterocycles. The van der Waals surface area contributed by atoms with Gasteiger partial charge in [-0.2, -0.15) is 0 Å². The Hall–Kier alpha value is -2.04. The quantitative estimate of drug-likeness (QED) is 0.764. The average Bonchev–Trinajstić information content (AvgIpc) is 2.64. The number of methoxy groups -OCH3 is 2. The number of carbonyl (C=O) groups excluding carboxylic acids is 2. The zero-order chi connectivity index (χ0) is 13.3. The summed E-state index contributed by atoms with van der Waals surface area (Å²) in [5.74, 6) is 0.527. The normalized spacial score (nSPS) is 17.1. The number of ketones is 1. The molecule has 0 N–H and O–H groups in total. The van der Waals surface area contributed by atoms with Crippen molar-refractivity contribution in [1.82, 2.24) is 0 Å². The number of rotatable bonds is 4. The lowest BCUT2D eigenvalue weighted by Gasteiger charge is -2.12. The smallest absolute Gasteiger partial charge is 0.339 e. The molecule has 0 bridgehead atoms. The maximum absolute atomic E-state index is 11.7. The van der Waals surface area contributed by atoms with Crippen LogP contribution in [0.5, 0.6) is 11.5 Å². The molecule has 1 aromatic carbocycles. The summed E-state index contributed by atoms with van der Waals surface area (Å²) in [4.78, 5) is 22.9. The van der Waals surface area contributed by atoms with Gasteiger partial charge in [0.2, 0.25) is 0 Å². The number of ether oxygens (including phenoxy) is 3. The predicted molar refractivity (Wildman–Crippen MR) is 63.0 cm³/mol. The van der Waals surface area contributed by atoms with Crippen LogP contribution in [0.25, 0.3) is 0 Å². The first-order valence-corrected chi connectivity index (χ1v) is 5.53. The molecule has 1 aliphatic rings. The Kier molecular flexibility index (Phi) is 3.23. The summed E-state index contributed by atoms with van der Waals surface area (Å²) >= 11 is 0. The van der Waals surface area contributed by atoms with E-state index in [0.29, 0.717) is 22.6 Å². The molecular formula is C13H14O5. The summed E-state index contributed by atoms with van der Waals surface area (Å²) in [7, 11) is 3.01. The maximum Gasteiger partial charge on any atom is 0.339 e. The summed E-state index contributed by atoms with van der Waals surface area (Å²) in [6, 6.07) is 3.27. The van der Waals surface area contributed by atoms with E-state index >= 15 is 0 Å². The number of benzene rings is 1. The highest BCUT2D eigenvalue weighted by molar-refractivity contribution is 5.96. The van der Waals surface area contributed by atoms with Crippen molar-refractivity contribution in [3.8, 4) is 11.5 Å². The number of fused-ring (bicyclic) bond motifs is 1. The van der Waals surface area contributed by atoms with Gasteiger partial charge in [-0.05, 0) is 13.0 Å². The average molecular weight is 250 g/mol. The monoisotopic (exact) mass is 250 g/mol. The van der Waals surface area contributed by atoms with E-state index in [2.05, 4.69) is 0 Å². The van der Waals surface area contributed by atoms with Gasteiger partial charge >= 0.3 is 5.97 Å². The highest BCUT2D eigenvalue weighted by Crippen LogP contribution is 2.41. The van der Waals surface area contributed by atoms with E-state index in [9.17, 15) is 9.59 Å². The first kappa shape index (κ1) is 12.4. The number of hydrogen-bond acceptors (Lipinski definition) is 5. The molecule has 0 spiro atoms. The topological polar surface area (TPSA) is 61.8 Å². The van der Waals surface area contributed by atoms with Crippen LogP contribution in [0.15, 0.2) is 12.1 Å². The highest BCUT2D eigenvalue weighted by atomic mass is 16.6. The SMILES string of the molecule is COc1cc(OC)c2c(c1)C(=O)O[C@@H]2CC(C)=O. The molecule has 5 heteroatoms. The molecule has 0 saturated carbocycles. The molecule has 0 saturated heterocycles. The Morgan fingerprint density at radius 3 is 2.61 bits per heavy atom. The number of Topliss-reactive ketones (excluding diaryl/α,β-unsaturated/α-hetero) is 1. The van der Waals surface area contributed by atoms with E-state index in [4.69, 9.17) is 14.2 Å². The van der Waals surface area contributed by atoms with Crippen molar-refractivity contribution in [2.45, 2.75) is 19.4 Å². The number of esters is 1. The van der Waals surface area contributed by atoms with Gasteiger partial charge in [-0.15, -0.1) is 0 Å². The Bertz CT molecular complexity index is 506. The molecular weight excluding hydrogens is 236 g/mol.